The monoisotopic (exact) mass is 387 g/mol. The van der Waals surface area contributed by atoms with E-state index in [1.165, 1.54) is 0 Å². The Morgan fingerprint density at radius 1 is 1.30 bits per heavy atom. The highest BCUT2D eigenvalue weighted by Gasteiger charge is 2.26. The summed E-state index contributed by atoms with van der Waals surface area (Å²) in [5.41, 5.74) is 1.99. The molecule has 0 aromatic heterocycles. The molecule has 0 saturated carbocycles. The fraction of sp³-hybridized carbons (Fsp3) is 0.400. The van der Waals surface area contributed by atoms with E-state index in [0.717, 1.165) is 23.4 Å². The Hall–Kier alpha value is -1.08. The van der Waals surface area contributed by atoms with E-state index < -0.39 is 0 Å². The van der Waals surface area contributed by atoms with Crippen molar-refractivity contribution in [2.75, 3.05) is 27.4 Å². The molecule has 0 N–H and O–H groups in total. The molecule has 1 amide bonds. The second-order valence-corrected chi connectivity index (χ2v) is 6.06. The molecule has 1 aromatic rings. The molecule has 0 radical (unpaired) electrons. The minimum Gasteiger partial charge on any atom is -0.491 e. The summed E-state index contributed by atoms with van der Waals surface area (Å²) in [6, 6.07) is 7.79. The molecule has 1 aromatic carbocycles. The van der Waals surface area contributed by atoms with Crippen molar-refractivity contribution in [2.45, 2.75) is 10.3 Å². The zero-order chi connectivity index (χ0) is 14.5. The summed E-state index contributed by atoms with van der Waals surface area (Å²) >= 11 is 2.18. The van der Waals surface area contributed by atoms with Gasteiger partial charge in [-0.2, -0.15) is 0 Å². The highest BCUT2D eigenvalue weighted by molar-refractivity contribution is 14.1. The molecule has 0 saturated heterocycles. The molecule has 0 spiro atoms. The van der Waals surface area contributed by atoms with Gasteiger partial charge in [0.25, 0.3) is 0 Å². The third-order valence-electron chi connectivity index (χ3n) is 3.18. The minimum atomic E-state index is 0.0398. The van der Waals surface area contributed by atoms with Crippen LogP contribution in [-0.4, -0.2) is 42.1 Å². The van der Waals surface area contributed by atoms with Crippen LogP contribution in [0.2, 0.25) is 0 Å². The summed E-state index contributed by atoms with van der Waals surface area (Å²) in [6.45, 7) is 1.11. The third kappa shape index (κ3) is 3.52. The predicted molar refractivity (Wildman–Crippen MR) is 87.0 cm³/mol. The van der Waals surface area contributed by atoms with Crippen LogP contribution < -0.4 is 4.74 Å². The standard InChI is InChI=1S/C15H18INO3/c1-17-14(8-7-13(16)15(17)18)11-3-5-12(6-4-11)20-10-9-19-2/h3-6,8,13H,7,9-10H2,1-2H3. The van der Waals surface area contributed by atoms with Crippen molar-refractivity contribution >= 4 is 34.2 Å². The number of nitrogens with zero attached hydrogens (tertiary/aromatic N) is 1. The Morgan fingerprint density at radius 3 is 2.65 bits per heavy atom. The molecular formula is C15H18INO3. The van der Waals surface area contributed by atoms with E-state index in [0.29, 0.717) is 13.2 Å². The number of alkyl halides is 1. The highest BCUT2D eigenvalue weighted by Crippen LogP contribution is 2.28. The summed E-state index contributed by atoms with van der Waals surface area (Å²) in [6.07, 6.45) is 2.89. The Labute approximate surface area is 132 Å². The summed E-state index contributed by atoms with van der Waals surface area (Å²) in [5.74, 6) is 0.964. The average Bonchev–Trinajstić information content (AvgIpc) is 2.46. The number of methoxy groups -OCH3 is 1. The number of carbonyl (C=O) groups is 1. The first kappa shape index (κ1) is 15.3. The lowest BCUT2D eigenvalue weighted by Gasteiger charge is -2.27. The maximum Gasteiger partial charge on any atom is 0.240 e. The number of amides is 1. The first-order valence-electron chi connectivity index (χ1n) is 6.47. The topological polar surface area (TPSA) is 38.8 Å². The molecule has 1 heterocycles. The van der Waals surface area contributed by atoms with Crippen LogP contribution in [0.4, 0.5) is 0 Å². The van der Waals surface area contributed by atoms with E-state index in [-0.39, 0.29) is 9.83 Å². The van der Waals surface area contributed by atoms with Crippen LogP contribution in [0.25, 0.3) is 5.70 Å². The smallest absolute Gasteiger partial charge is 0.240 e. The Kier molecular flexibility index (Phi) is 5.42. The van der Waals surface area contributed by atoms with Gasteiger partial charge in [0.15, 0.2) is 0 Å². The Bertz CT molecular complexity index is 498. The highest BCUT2D eigenvalue weighted by atomic mass is 127. The van der Waals surface area contributed by atoms with Gasteiger partial charge >= 0.3 is 0 Å². The number of hydrogen-bond acceptors (Lipinski definition) is 3. The first-order chi connectivity index (χ1) is 9.63. The molecular weight excluding hydrogens is 369 g/mol. The van der Waals surface area contributed by atoms with Crippen LogP contribution in [0.15, 0.2) is 30.3 Å². The van der Waals surface area contributed by atoms with Crippen LogP contribution in [0, 0.1) is 0 Å². The number of rotatable bonds is 5. The summed E-state index contributed by atoms with van der Waals surface area (Å²) < 4.78 is 10.5. The summed E-state index contributed by atoms with van der Waals surface area (Å²) in [5, 5.41) is 0. The van der Waals surface area contributed by atoms with Crippen molar-refractivity contribution in [3.63, 3.8) is 0 Å². The lowest BCUT2D eigenvalue weighted by atomic mass is 10.1. The molecule has 0 fully saturated rings. The van der Waals surface area contributed by atoms with Crippen molar-refractivity contribution in [1.29, 1.82) is 0 Å². The second kappa shape index (κ2) is 7.08. The van der Waals surface area contributed by atoms with Crippen LogP contribution in [0.1, 0.15) is 12.0 Å². The molecule has 1 aliphatic heterocycles. The van der Waals surface area contributed by atoms with Crippen LogP contribution >= 0.6 is 22.6 Å². The Morgan fingerprint density at radius 2 is 2.00 bits per heavy atom. The molecule has 0 aliphatic carbocycles. The summed E-state index contributed by atoms with van der Waals surface area (Å²) in [4.78, 5) is 13.7. The number of halogens is 1. The maximum atomic E-state index is 12.0. The van der Waals surface area contributed by atoms with Crippen LogP contribution in [0.5, 0.6) is 5.75 Å². The average molecular weight is 387 g/mol. The van der Waals surface area contributed by atoms with Crippen molar-refractivity contribution in [1.82, 2.24) is 4.90 Å². The van der Waals surface area contributed by atoms with Gasteiger partial charge in [-0.3, -0.25) is 4.79 Å². The normalized spacial score (nSPS) is 18.9. The maximum absolute atomic E-state index is 12.0. The van der Waals surface area contributed by atoms with E-state index in [1.807, 2.05) is 31.3 Å². The lowest BCUT2D eigenvalue weighted by Crippen LogP contribution is -2.35. The molecule has 108 valence electrons. The molecule has 0 bridgehead atoms. The van der Waals surface area contributed by atoms with Gasteiger partial charge in [-0.1, -0.05) is 28.7 Å². The van der Waals surface area contributed by atoms with Gasteiger partial charge in [-0.05, 0) is 36.2 Å². The SMILES string of the molecule is COCCOc1ccc(C2=CCC(I)C(=O)N2C)cc1. The number of carbonyl (C=O) groups excluding carboxylic acids is 1. The van der Waals surface area contributed by atoms with E-state index in [9.17, 15) is 4.79 Å². The van der Waals surface area contributed by atoms with Crippen LogP contribution in [0.3, 0.4) is 0 Å². The molecule has 1 unspecified atom stereocenters. The first-order valence-corrected chi connectivity index (χ1v) is 7.72. The van der Waals surface area contributed by atoms with Gasteiger partial charge in [-0.25, -0.2) is 0 Å². The predicted octanol–water partition coefficient (Wildman–Crippen LogP) is 2.72. The Balaban J connectivity index is 2.08. The van der Waals surface area contributed by atoms with Crippen LogP contribution in [-0.2, 0) is 9.53 Å². The zero-order valence-electron chi connectivity index (χ0n) is 11.6. The fourth-order valence-corrected chi connectivity index (χ4v) is 2.73. The van der Waals surface area contributed by atoms with E-state index in [1.54, 1.807) is 12.0 Å². The van der Waals surface area contributed by atoms with Gasteiger partial charge in [-0.15, -0.1) is 0 Å². The molecule has 5 heteroatoms. The van der Waals surface area contributed by atoms with Gasteiger partial charge in [0, 0.05) is 19.9 Å². The van der Waals surface area contributed by atoms with Gasteiger partial charge < -0.3 is 14.4 Å². The minimum absolute atomic E-state index is 0.0398. The van der Waals surface area contributed by atoms with E-state index >= 15 is 0 Å². The van der Waals surface area contributed by atoms with Gasteiger partial charge in [0.1, 0.15) is 12.4 Å². The van der Waals surface area contributed by atoms with Gasteiger partial charge in [0.2, 0.25) is 5.91 Å². The number of benzene rings is 1. The quantitative estimate of drug-likeness (QED) is 0.443. The van der Waals surface area contributed by atoms with Crippen molar-refractivity contribution < 1.29 is 14.3 Å². The molecule has 1 atom stereocenters. The van der Waals surface area contributed by atoms with Crippen molar-refractivity contribution in [3.8, 4) is 5.75 Å². The van der Waals surface area contributed by atoms with E-state index in [2.05, 4.69) is 28.7 Å². The number of allylic oxidation sites excluding steroid dienone is 1. The third-order valence-corrected chi connectivity index (χ3v) is 4.23. The summed E-state index contributed by atoms with van der Waals surface area (Å²) in [7, 11) is 3.47. The largest absolute Gasteiger partial charge is 0.491 e. The fourth-order valence-electron chi connectivity index (χ4n) is 2.06. The number of hydrogen-bond donors (Lipinski definition) is 0. The molecule has 2 rings (SSSR count). The number of ether oxygens (including phenoxy) is 2. The van der Waals surface area contributed by atoms with Crippen molar-refractivity contribution in [3.05, 3.63) is 35.9 Å². The van der Waals surface area contributed by atoms with Gasteiger partial charge in [0.05, 0.1) is 10.5 Å². The molecule has 1 aliphatic rings. The molecule has 20 heavy (non-hydrogen) atoms. The van der Waals surface area contributed by atoms with Crippen molar-refractivity contribution in [2.24, 2.45) is 0 Å². The zero-order valence-corrected chi connectivity index (χ0v) is 13.8. The van der Waals surface area contributed by atoms with E-state index in [4.69, 9.17) is 9.47 Å². The molecule has 4 nitrogen and oxygen atoms in total. The second-order valence-electron chi connectivity index (χ2n) is 4.56. The lowest BCUT2D eigenvalue weighted by molar-refractivity contribution is -0.126.